The van der Waals surface area contributed by atoms with E-state index in [1.807, 2.05) is 11.3 Å². The number of rotatable bonds is 5. The molecule has 2 nitrogen and oxygen atoms in total. The predicted octanol–water partition coefficient (Wildman–Crippen LogP) is 2.89. The number of nitrogens with zero attached hydrogens (tertiary/aromatic N) is 1. The highest BCUT2D eigenvalue weighted by Crippen LogP contribution is 2.36. The van der Waals surface area contributed by atoms with Gasteiger partial charge in [0.1, 0.15) is 0 Å². The summed E-state index contributed by atoms with van der Waals surface area (Å²) in [5, 5.41) is 2.18. The van der Waals surface area contributed by atoms with Gasteiger partial charge >= 0.3 is 0 Å². The van der Waals surface area contributed by atoms with Crippen LogP contribution in [0.25, 0.3) is 0 Å². The van der Waals surface area contributed by atoms with E-state index in [0.29, 0.717) is 17.9 Å². The molecular weight excluding hydrogens is 216 g/mol. The molecule has 0 saturated carbocycles. The summed E-state index contributed by atoms with van der Waals surface area (Å²) >= 11 is 1.85. The predicted molar refractivity (Wildman–Crippen MR) is 72.9 cm³/mol. The van der Waals surface area contributed by atoms with Crippen LogP contribution in [0.3, 0.4) is 0 Å². The Morgan fingerprint density at radius 1 is 1.38 bits per heavy atom. The summed E-state index contributed by atoms with van der Waals surface area (Å²) in [6, 6.07) is 2.65. The molecule has 0 aromatic carbocycles. The lowest BCUT2D eigenvalue weighted by molar-refractivity contribution is 0.178. The Morgan fingerprint density at radius 2 is 2.00 bits per heavy atom. The second-order valence-electron chi connectivity index (χ2n) is 5.02. The largest absolute Gasteiger partial charge is 0.330 e. The molecular formula is C13H24N2S. The molecule has 0 aliphatic heterocycles. The summed E-state index contributed by atoms with van der Waals surface area (Å²) in [4.78, 5) is 3.77. The molecule has 0 fully saturated rings. The first kappa shape index (κ1) is 13.7. The molecule has 1 aromatic heterocycles. The highest BCUT2D eigenvalue weighted by molar-refractivity contribution is 7.10. The zero-order valence-corrected chi connectivity index (χ0v) is 11.8. The summed E-state index contributed by atoms with van der Waals surface area (Å²) in [6.45, 7) is 7.46. The average molecular weight is 240 g/mol. The van der Waals surface area contributed by atoms with Crippen LogP contribution >= 0.6 is 11.3 Å². The van der Waals surface area contributed by atoms with Gasteiger partial charge in [0, 0.05) is 10.9 Å². The van der Waals surface area contributed by atoms with Gasteiger partial charge in [0.2, 0.25) is 0 Å². The first-order valence-electron chi connectivity index (χ1n) is 5.89. The number of hydrogen-bond acceptors (Lipinski definition) is 3. The lowest BCUT2D eigenvalue weighted by atomic mass is 9.86. The van der Waals surface area contributed by atoms with Crippen LogP contribution in [0.5, 0.6) is 0 Å². The van der Waals surface area contributed by atoms with Crippen molar-refractivity contribution in [1.82, 2.24) is 4.90 Å². The van der Waals surface area contributed by atoms with Crippen LogP contribution in [0.2, 0.25) is 0 Å². The molecule has 0 spiro atoms. The standard InChI is InChI=1S/C13H24N2S/c1-9(2)11(8-14)12(15(4)5)13-10(3)6-7-16-13/h6-7,9,11-12H,8,14H2,1-5H3. The van der Waals surface area contributed by atoms with Gasteiger partial charge in [-0.2, -0.15) is 0 Å². The third-order valence-corrected chi connectivity index (χ3v) is 4.35. The SMILES string of the molecule is Cc1ccsc1C(C(CN)C(C)C)N(C)C. The number of aryl methyl sites for hydroxylation is 1. The van der Waals surface area contributed by atoms with Crippen molar-refractivity contribution >= 4 is 11.3 Å². The fourth-order valence-electron chi connectivity index (χ4n) is 2.26. The third kappa shape index (κ3) is 2.84. The molecule has 0 amide bonds. The molecule has 0 saturated heterocycles. The fraction of sp³-hybridized carbons (Fsp3) is 0.692. The van der Waals surface area contributed by atoms with Gasteiger partial charge in [-0.25, -0.2) is 0 Å². The van der Waals surface area contributed by atoms with Gasteiger partial charge < -0.3 is 10.6 Å². The number of nitrogens with two attached hydrogens (primary N) is 1. The van der Waals surface area contributed by atoms with E-state index in [-0.39, 0.29) is 0 Å². The van der Waals surface area contributed by atoms with Crippen LogP contribution in [0.1, 0.15) is 30.3 Å². The molecule has 2 atom stereocenters. The van der Waals surface area contributed by atoms with E-state index in [9.17, 15) is 0 Å². The molecule has 1 aromatic rings. The number of thiophene rings is 1. The van der Waals surface area contributed by atoms with E-state index in [2.05, 4.69) is 51.2 Å². The first-order valence-corrected chi connectivity index (χ1v) is 6.77. The van der Waals surface area contributed by atoms with Gasteiger partial charge in [-0.15, -0.1) is 11.3 Å². The fourth-order valence-corrected chi connectivity index (χ4v) is 3.46. The topological polar surface area (TPSA) is 29.3 Å². The maximum absolute atomic E-state index is 5.95. The minimum Gasteiger partial charge on any atom is -0.330 e. The van der Waals surface area contributed by atoms with Crippen LogP contribution in [-0.2, 0) is 0 Å². The van der Waals surface area contributed by atoms with E-state index in [1.54, 1.807) is 0 Å². The summed E-state index contributed by atoms with van der Waals surface area (Å²) in [5.41, 5.74) is 7.34. The van der Waals surface area contributed by atoms with Crippen LogP contribution in [-0.4, -0.2) is 25.5 Å². The molecule has 0 bridgehead atoms. The van der Waals surface area contributed by atoms with E-state index >= 15 is 0 Å². The summed E-state index contributed by atoms with van der Waals surface area (Å²) in [6.07, 6.45) is 0. The molecule has 3 heteroatoms. The van der Waals surface area contributed by atoms with E-state index in [0.717, 1.165) is 6.54 Å². The normalized spacial score (nSPS) is 15.8. The lowest BCUT2D eigenvalue weighted by Crippen LogP contribution is -2.35. The van der Waals surface area contributed by atoms with Crippen molar-refractivity contribution < 1.29 is 0 Å². The minimum absolute atomic E-state index is 0.449. The second kappa shape index (κ2) is 5.80. The molecule has 1 rings (SSSR count). The first-order chi connectivity index (χ1) is 7.49. The quantitative estimate of drug-likeness (QED) is 0.857. The Bertz CT molecular complexity index is 317. The van der Waals surface area contributed by atoms with Crippen LogP contribution in [0.15, 0.2) is 11.4 Å². The highest BCUT2D eigenvalue weighted by atomic mass is 32.1. The molecule has 0 aliphatic carbocycles. The Morgan fingerprint density at radius 3 is 2.31 bits per heavy atom. The molecule has 92 valence electrons. The van der Waals surface area contributed by atoms with Gasteiger partial charge in [-0.1, -0.05) is 13.8 Å². The van der Waals surface area contributed by atoms with Crippen molar-refractivity contribution in [3.05, 3.63) is 21.9 Å². The molecule has 16 heavy (non-hydrogen) atoms. The second-order valence-corrected chi connectivity index (χ2v) is 5.97. The van der Waals surface area contributed by atoms with Crippen molar-refractivity contribution in [2.75, 3.05) is 20.6 Å². The minimum atomic E-state index is 0.449. The third-order valence-electron chi connectivity index (χ3n) is 3.26. The van der Waals surface area contributed by atoms with Crippen molar-refractivity contribution in [1.29, 1.82) is 0 Å². The number of hydrogen-bond donors (Lipinski definition) is 1. The zero-order valence-electron chi connectivity index (χ0n) is 11.0. The summed E-state index contributed by atoms with van der Waals surface area (Å²) < 4.78 is 0. The van der Waals surface area contributed by atoms with Crippen molar-refractivity contribution in [2.45, 2.75) is 26.8 Å². The summed E-state index contributed by atoms with van der Waals surface area (Å²) in [5.74, 6) is 1.13. The van der Waals surface area contributed by atoms with Gasteiger partial charge in [0.15, 0.2) is 0 Å². The Labute approximate surface area is 103 Å². The van der Waals surface area contributed by atoms with Crippen molar-refractivity contribution in [3.63, 3.8) is 0 Å². The van der Waals surface area contributed by atoms with Crippen LogP contribution in [0, 0.1) is 18.8 Å². The molecule has 2 unspecified atom stereocenters. The molecule has 0 aliphatic rings. The zero-order chi connectivity index (χ0) is 12.3. The van der Waals surface area contributed by atoms with Gasteiger partial charge in [-0.3, -0.25) is 0 Å². The average Bonchev–Trinajstić information content (AvgIpc) is 2.59. The summed E-state index contributed by atoms with van der Waals surface area (Å²) in [7, 11) is 4.30. The monoisotopic (exact) mass is 240 g/mol. The van der Waals surface area contributed by atoms with Gasteiger partial charge in [0.05, 0.1) is 0 Å². The Balaban J connectivity index is 3.04. The maximum atomic E-state index is 5.95. The van der Waals surface area contributed by atoms with Crippen LogP contribution < -0.4 is 5.73 Å². The molecule has 1 heterocycles. The molecule has 2 N–H and O–H groups in total. The van der Waals surface area contributed by atoms with Gasteiger partial charge in [0.25, 0.3) is 0 Å². The Kier molecular flexibility index (Phi) is 4.96. The smallest absolute Gasteiger partial charge is 0.0480 e. The van der Waals surface area contributed by atoms with E-state index in [1.165, 1.54) is 10.4 Å². The Hall–Kier alpha value is -0.380. The maximum Gasteiger partial charge on any atom is 0.0480 e. The van der Waals surface area contributed by atoms with E-state index in [4.69, 9.17) is 5.73 Å². The van der Waals surface area contributed by atoms with E-state index < -0.39 is 0 Å². The lowest BCUT2D eigenvalue weighted by Gasteiger charge is -2.34. The van der Waals surface area contributed by atoms with Crippen molar-refractivity contribution in [3.8, 4) is 0 Å². The highest BCUT2D eigenvalue weighted by Gasteiger charge is 2.28. The van der Waals surface area contributed by atoms with Crippen molar-refractivity contribution in [2.24, 2.45) is 17.6 Å². The van der Waals surface area contributed by atoms with Crippen LogP contribution in [0.4, 0.5) is 0 Å². The van der Waals surface area contributed by atoms with Gasteiger partial charge in [-0.05, 0) is 56.4 Å². The molecule has 0 radical (unpaired) electrons.